The van der Waals surface area contributed by atoms with Crippen LogP contribution in [0.25, 0.3) is 10.9 Å². The lowest BCUT2D eigenvalue weighted by Gasteiger charge is -2.13. The number of benzene rings is 2. The molecule has 0 saturated heterocycles. The van der Waals surface area contributed by atoms with Gasteiger partial charge in [0.25, 0.3) is 0 Å². The minimum Gasteiger partial charge on any atom is -0.374 e. The molecular weight excluding hydrogens is 304 g/mol. The van der Waals surface area contributed by atoms with Gasteiger partial charge in [-0.3, -0.25) is 0 Å². The second-order valence-corrected chi connectivity index (χ2v) is 6.52. The molecule has 0 saturated carbocycles. The Kier molecular flexibility index (Phi) is 5.61. The number of rotatable bonds is 7. The third-order valence-corrected chi connectivity index (χ3v) is 4.69. The van der Waals surface area contributed by atoms with Crippen molar-refractivity contribution >= 4 is 22.7 Å². The van der Waals surface area contributed by atoms with Crippen molar-refractivity contribution in [1.82, 2.24) is 9.97 Å². The fraction of sp³-hybridized carbons (Fsp3) is 0.263. The molecule has 4 heteroatoms. The van der Waals surface area contributed by atoms with Gasteiger partial charge in [0, 0.05) is 11.1 Å². The maximum atomic E-state index is 5.91. The standard InChI is InChI=1S/C19H20N2OS/c1-15(22-13-16-7-3-2-4-8-16)11-12-23-19-17-9-5-6-10-18(17)20-14-21-19/h2-10,14-15H,11-13H2,1H3. The van der Waals surface area contributed by atoms with Crippen LogP contribution in [0.3, 0.4) is 0 Å². The Balaban J connectivity index is 1.48. The molecule has 0 bridgehead atoms. The molecule has 0 aliphatic carbocycles. The third-order valence-electron chi connectivity index (χ3n) is 3.65. The normalized spacial score (nSPS) is 12.4. The average molecular weight is 324 g/mol. The molecule has 0 aliphatic rings. The lowest BCUT2D eigenvalue weighted by molar-refractivity contribution is 0.0516. The number of hydrogen-bond acceptors (Lipinski definition) is 4. The molecule has 0 N–H and O–H groups in total. The van der Waals surface area contributed by atoms with Crippen molar-refractivity contribution in [3.8, 4) is 0 Å². The predicted molar refractivity (Wildman–Crippen MR) is 95.6 cm³/mol. The van der Waals surface area contributed by atoms with Gasteiger partial charge in [0.1, 0.15) is 11.4 Å². The first-order valence-electron chi connectivity index (χ1n) is 7.81. The smallest absolute Gasteiger partial charge is 0.117 e. The highest BCUT2D eigenvalue weighted by Crippen LogP contribution is 2.25. The van der Waals surface area contributed by atoms with Gasteiger partial charge < -0.3 is 4.74 Å². The lowest BCUT2D eigenvalue weighted by atomic mass is 10.2. The van der Waals surface area contributed by atoms with E-state index in [0.29, 0.717) is 6.61 Å². The summed E-state index contributed by atoms with van der Waals surface area (Å²) in [5.41, 5.74) is 2.21. The number of fused-ring (bicyclic) bond motifs is 1. The van der Waals surface area contributed by atoms with Gasteiger partial charge in [-0.25, -0.2) is 9.97 Å². The molecule has 0 spiro atoms. The molecule has 3 nitrogen and oxygen atoms in total. The van der Waals surface area contributed by atoms with Crippen molar-refractivity contribution < 1.29 is 4.74 Å². The van der Waals surface area contributed by atoms with E-state index in [0.717, 1.165) is 28.1 Å². The van der Waals surface area contributed by atoms with Gasteiger partial charge >= 0.3 is 0 Å². The molecule has 0 radical (unpaired) electrons. The van der Waals surface area contributed by atoms with Gasteiger partial charge in [0.2, 0.25) is 0 Å². The summed E-state index contributed by atoms with van der Waals surface area (Å²) in [6.07, 6.45) is 2.87. The fourth-order valence-corrected chi connectivity index (χ4v) is 3.41. The first-order chi connectivity index (χ1) is 11.3. The summed E-state index contributed by atoms with van der Waals surface area (Å²) in [6, 6.07) is 18.4. The molecule has 23 heavy (non-hydrogen) atoms. The van der Waals surface area contributed by atoms with Gasteiger partial charge in [-0.2, -0.15) is 0 Å². The summed E-state index contributed by atoms with van der Waals surface area (Å²) in [4.78, 5) is 8.71. The molecule has 1 aromatic heterocycles. The van der Waals surface area contributed by atoms with Crippen molar-refractivity contribution in [1.29, 1.82) is 0 Å². The molecular formula is C19H20N2OS. The van der Waals surface area contributed by atoms with Crippen LogP contribution < -0.4 is 0 Å². The van der Waals surface area contributed by atoms with Crippen LogP contribution in [0.2, 0.25) is 0 Å². The molecule has 118 valence electrons. The molecule has 0 amide bonds. The van der Waals surface area contributed by atoms with E-state index >= 15 is 0 Å². The zero-order chi connectivity index (χ0) is 15.9. The van der Waals surface area contributed by atoms with E-state index in [1.54, 1.807) is 18.1 Å². The van der Waals surface area contributed by atoms with Crippen molar-refractivity contribution in [2.24, 2.45) is 0 Å². The maximum absolute atomic E-state index is 5.91. The molecule has 1 unspecified atom stereocenters. The van der Waals surface area contributed by atoms with Crippen LogP contribution in [-0.2, 0) is 11.3 Å². The summed E-state index contributed by atoms with van der Waals surface area (Å²) in [5.74, 6) is 0.983. The van der Waals surface area contributed by atoms with Gasteiger partial charge in [-0.05, 0) is 25.0 Å². The Morgan fingerprint density at radius 2 is 1.78 bits per heavy atom. The SMILES string of the molecule is CC(CCSc1ncnc2ccccc12)OCc1ccccc1. The number of nitrogens with zero attached hydrogens (tertiary/aromatic N) is 2. The van der Waals surface area contributed by atoms with Gasteiger partial charge in [-0.1, -0.05) is 48.5 Å². The minimum absolute atomic E-state index is 0.232. The van der Waals surface area contributed by atoms with E-state index in [9.17, 15) is 0 Å². The number of ether oxygens (including phenoxy) is 1. The van der Waals surface area contributed by atoms with Crippen molar-refractivity contribution in [2.75, 3.05) is 5.75 Å². The Hall–Kier alpha value is -1.91. The van der Waals surface area contributed by atoms with Crippen LogP contribution in [0.4, 0.5) is 0 Å². The highest BCUT2D eigenvalue weighted by molar-refractivity contribution is 7.99. The second kappa shape index (κ2) is 8.09. The zero-order valence-electron chi connectivity index (χ0n) is 13.2. The monoisotopic (exact) mass is 324 g/mol. The van der Waals surface area contributed by atoms with E-state index in [1.807, 2.05) is 36.4 Å². The average Bonchev–Trinajstić information content (AvgIpc) is 2.61. The zero-order valence-corrected chi connectivity index (χ0v) is 14.0. The van der Waals surface area contributed by atoms with Crippen LogP contribution in [0, 0.1) is 0 Å². The first kappa shape index (κ1) is 16.0. The van der Waals surface area contributed by atoms with E-state index in [1.165, 1.54) is 5.56 Å². The predicted octanol–water partition coefficient (Wildman–Crippen LogP) is 4.72. The molecule has 2 aromatic carbocycles. The Bertz CT molecular complexity index is 743. The van der Waals surface area contributed by atoms with E-state index < -0.39 is 0 Å². The maximum Gasteiger partial charge on any atom is 0.117 e. The largest absolute Gasteiger partial charge is 0.374 e. The molecule has 1 atom stereocenters. The van der Waals surface area contributed by atoms with Crippen molar-refractivity contribution in [3.05, 3.63) is 66.5 Å². The first-order valence-corrected chi connectivity index (χ1v) is 8.79. The second-order valence-electron chi connectivity index (χ2n) is 5.44. The Morgan fingerprint density at radius 3 is 2.65 bits per heavy atom. The highest BCUT2D eigenvalue weighted by atomic mass is 32.2. The van der Waals surface area contributed by atoms with Crippen LogP contribution in [-0.4, -0.2) is 21.8 Å². The summed E-state index contributed by atoms with van der Waals surface area (Å²) < 4.78 is 5.91. The van der Waals surface area contributed by atoms with E-state index in [-0.39, 0.29) is 6.10 Å². The van der Waals surface area contributed by atoms with Crippen LogP contribution in [0.1, 0.15) is 18.9 Å². The topological polar surface area (TPSA) is 35.0 Å². The summed E-state index contributed by atoms with van der Waals surface area (Å²) in [7, 11) is 0. The minimum atomic E-state index is 0.232. The van der Waals surface area contributed by atoms with Gasteiger partial charge in [0.15, 0.2) is 0 Å². The lowest BCUT2D eigenvalue weighted by Crippen LogP contribution is -2.09. The summed E-state index contributed by atoms with van der Waals surface area (Å²) >= 11 is 1.77. The van der Waals surface area contributed by atoms with Crippen molar-refractivity contribution in [3.63, 3.8) is 0 Å². The molecule has 3 rings (SSSR count). The molecule has 1 heterocycles. The van der Waals surface area contributed by atoms with Crippen LogP contribution >= 0.6 is 11.8 Å². The van der Waals surface area contributed by atoms with Crippen LogP contribution in [0.5, 0.6) is 0 Å². The van der Waals surface area contributed by atoms with Crippen LogP contribution in [0.15, 0.2) is 66.0 Å². The number of thioether (sulfide) groups is 1. The molecule has 0 fully saturated rings. The molecule has 3 aromatic rings. The Labute approximate surface area is 141 Å². The number of aromatic nitrogens is 2. The Morgan fingerprint density at radius 1 is 1.00 bits per heavy atom. The fourth-order valence-electron chi connectivity index (χ4n) is 2.31. The number of hydrogen-bond donors (Lipinski definition) is 0. The number of para-hydroxylation sites is 1. The van der Waals surface area contributed by atoms with E-state index in [4.69, 9.17) is 4.74 Å². The van der Waals surface area contributed by atoms with Gasteiger partial charge in [0.05, 0.1) is 18.2 Å². The third kappa shape index (κ3) is 4.53. The quantitative estimate of drug-likeness (QED) is 0.465. The highest BCUT2D eigenvalue weighted by Gasteiger charge is 2.06. The summed E-state index contributed by atoms with van der Waals surface area (Å²) in [6.45, 7) is 2.80. The molecule has 0 aliphatic heterocycles. The van der Waals surface area contributed by atoms with E-state index in [2.05, 4.69) is 35.1 Å². The summed E-state index contributed by atoms with van der Waals surface area (Å²) in [5, 5.41) is 2.17. The van der Waals surface area contributed by atoms with Crippen molar-refractivity contribution in [2.45, 2.75) is 31.1 Å². The van der Waals surface area contributed by atoms with Gasteiger partial charge in [-0.15, -0.1) is 11.8 Å².